The van der Waals surface area contributed by atoms with Gasteiger partial charge in [0.25, 0.3) is 0 Å². The molecule has 0 fully saturated rings. The van der Waals surface area contributed by atoms with Crippen molar-refractivity contribution in [2.75, 3.05) is 0 Å². The number of phenolic OH excluding ortho intramolecular Hbond substituents is 1. The molecule has 0 amide bonds. The molecular formula is C20H18O. The Morgan fingerprint density at radius 1 is 0.762 bits per heavy atom. The minimum atomic E-state index is 0.301. The van der Waals surface area contributed by atoms with Gasteiger partial charge in [-0.25, -0.2) is 0 Å². The van der Waals surface area contributed by atoms with Gasteiger partial charge in [0.15, 0.2) is 0 Å². The predicted molar refractivity (Wildman–Crippen MR) is 87.5 cm³/mol. The van der Waals surface area contributed by atoms with Gasteiger partial charge in [-0.1, -0.05) is 73.7 Å². The molecule has 1 N–H and O–H groups in total. The molecule has 0 aliphatic heterocycles. The van der Waals surface area contributed by atoms with Crippen molar-refractivity contribution in [1.82, 2.24) is 0 Å². The van der Waals surface area contributed by atoms with E-state index in [0.717, 1.165) is 5.56 Å². The maximum Gasteiger partial charge on any atom is 0.116 e. The van der Waals surface area contributed by atoms with Crippen molar-refractivity contribution in [3.8, 4) is 16.9 Å². The van der Waals surface area contributed by atoms with E-state index in [1.54, 1.807) is 6.07 Å². The van der Waals surface area contributed by atoms with Gasteiger partial charge in [-0.05, 0) is 34.4 Å². The molecule has 1 unspecified atom stereocenters. The summed E-state index contributed by atoms with van der Waals surface area (Å²) in [5, 5.41) is 9.72. The molecule has 1 heteroatoms. The Balaban J connectivity index is 2.08. The summed E-state index contributed by atoms with van der Waals surface area (Å²) in [7, 11) is 0. The molecule has 0 aromatic heterocycles. The number of hydrogen-bond acceptors (Lipinski definition) is 1. The normalized spacial score (nSPS) is 12.0. The minimum absolute atomic E-state index is 0.301. The van der Waals surface area contributed by atoms with E-state index in [4.69, 9.17) is 0 Å². The average molecular weight is 274 g/mol. The van der Waals surface area contributed by atoms with Gasteiger partial charge in [0, 0.05) is 5.92 Å². The van der Waals surface area contributed by atoms with Crippen molar-refractivity contribution in [1.29, 1.82) is 0 Å². The summed E-state index contributed by atoms with van der Waals surface area (Å²) in [6.07, 6.45) is 0. The molecule has 0 spiro atoms. The van der Waals surface area contributed by atoms with Gasteiger partial charge < -0.3 is 5.11 Å². The Bertz CT molecular complexity index is 732. The summed E-state index contributed by atoms with van der Waals surface area (Å²) < 4.78 is 0. The SMILES string of the molecule is CC(c1ccccc1)c1ccccc1-c1cccc(O)c1. The van der Waals surface area contributed by atoms with Crippen LogP contribution in [-0.4, -0.2) is 5.11 Å². The number of aromatic hydroxyl groups is 1. The first kappa shape index (κ1) is 13.4. The number of rotatable bonds is 3. The van der Waals surface area contributed by atoms with E-state index < -0.39 is 0 Å². The fraction of sp³-hybridized carbons (Fsp3) is 0.100. The monoisotopic (exact) mass is 274 g/mol. The topological polar surface area (TPSA) is 20.2 Å². The first-order valence-corrected chi connectivity index (χ1v) is 7.19. The van der Waals surface area contributed by atoms with Crippen LogP contribution in [-0.2, 0) is 0 Å². The maximum atomic E-state index is 9.72. The van der Waals surface area contributed by atoms with E-state index in [1.807, 2.05) is 30.3 Å². The first-order chi connectivity index (χ1) is 10.3. The molecule has 0 bridgehead atoms. The van der Waals surface area contributed by atoms with Gasteiger partial charge in [0.1, 0.15) is 5.75 Å². The number of hydrogen-bond donors (Lipinski definition) is 1. The van der Waals surface area contributed by atoms with E-state index >= 15 is 0 Å². The predicted octanol–water partition coefficient (Wildman–Crippen LogP) is 5.21. The highest BCUT2D eigenvalue weighted by atomic mass is 16.3. The molecule has 0 saturated heterocycles. The van der Waals surface area contributed by atoms with E-state index in [1.165, 1.54) is 16.7 Å². The van der Waals surface area contributed by atoms with Crippen molar-refractivity contribution < 1.29 is 5.11 Å². The van der Waals surface area contributed by atoms with Crippen LogP contribution in [0.1, 0.15) is 24.0 Å². The third-order valence-electron chi connectivity index (χ3n) is 3.88. The lowest BCUT2D eigenvalue weighted by atomic mass is 9.87. The van der Waals surface area contributed by atoms with Gasteiger partial charge in [-0.3, -0.25) is 0 Å². The van der Waals surface area contributed by atoms with Crippen LogP contribution >= 0.6 is 0 Å². The molecule has 0 aliphatic carbocycles. The smallest absolute Gasteiger partial charge is 0.116 e. The minimum Gasteiger partial charge on any atom is -0.508 e. The highest BCUT2D eigenvalue weighted by Gasteiger charge is 2.13. The Kier molecular flexibility index (Phi) is 3.74. The van der Waals surface area contributed by atoms with Gasteiger partial charge in [-0.2, -0.15) is 0 Å². The highest BCUT2D eigenvalue weighted by molar-refractivity contribution is 5.70. The van der Waals surface area contributed by atoms with Crippen LogP contribution in [0.3, 0.4) is 0 Å². The van der Waals surface area contributed by atoms with Crippen molar-refractivity contribution >= 4 is 0 Å². The van der Waals surface area contributed by atoms with Gasteiger partial charge in [-0.15, -0.1) is 0 Å². The largest absolute Gasteiger partial charge is 0.508 e. The first-order valence-electron chi connectivity index (χ1n) is 7.19. The third kappa shape index (κ3) is 2.82. The number of phenols is 1. The molecule has 3 aromatic carbocycles. The Labute approximate surface area is 125 Å². The zero-order valence-electron chi connectivity index (χ0n) is 12.0. The quantitative estimate of drug-likeness (QED) is 0.695. The van der Waals surface area contributed by atoms with Crippen molar-refractivity contribution in [2.45, 2.75) is 12.8 Å². The lowest BCUT2D eigenvalue weighted by Gasteiger charge is -2.17. The van der Waals surface area contributed by atoms with Crippen molar-refractivity contribution in [2.24, 2.45) is 0 Å². The molecule has 0 heterocycles. The molecule has 0 aliphatic rings. The summed E-state index contributed by atoms with van der Waals surface area (Å²) in [4.78, 5) is 0. The van der Waals surface area contributed by atoms with E-state index in [-0.39, 0.29) is 0 Å². The summed E-state index contributed by atoms with van der Waals surface area (Å²) in [5.41, 5.74) is 4.79. The lowest BCUT2D eigenvalue weighted by Crippen LogP contribution is -1.98. The van der Waals surface area contributed by atoms with Gasteiger partial charge >= 0.3 is 0 Å². The average Bonchev–Trinajstić information content (AvgIpc) is 2.55. The molecule has 104 valence electrons. The second kappa shape index (κ2) is 5.84. The van der Waals surface area contributed by atoms with E-state index in [0.29, 0.717) is 11.7 Å². The summed E-state index contributed by atoms with van der Waals surface area (Å²) in [6.45, 7) is 2.22. The molecule has 1 atom stereocenters. The summed E-state index contributed by atoms with van der Waals surface area (Å²) in [6, 6.07) is 26.3. The molecule has 3 aromatic rings. The van der Waals surface area contributed by atoms with Crippen molar-refractivity contribution in [3.05, 3.63) is 90.0 Å². The highest BCUT2D eigenvalue weighted by Crippen LogP contribution is 2.33. The Morgan fingerprint density at radius 3 is 2.24 bits per heavy atom. The van der Waals surface area contributed by atoms with Crippen LogP contribution in [0, 0.1) is 0 Å². The molecule has 0 radical (unpaired) electrons. The Morgan fingerprint density at radius 2 is 1.48 bits per heavy atom. The second-order valence-electron chi connectivity index (χ2n) is 5.27. The van der Waals surface area contributed by atoms with Crippen LogP contribution in [0.25, 0.3) is 11.1 Å². The summed E-state index contributed by atoms with van der Waals surface area (Å²) in [5.74, 6) is 0.611. The molecule has 21 heavy (non-hydrogen) atoms. The standard InChI is InChI=1S/C20H18O/c1-15(16-8-3-2-4-9-16)19-12-5-6-13-20(19)17-10-7-11-18(21)14-17/h2-15,21H,1H3. The lowest BCUT2D eigenvalue weighted by molar-refractivity contribution is 0.475. The third-order valence-corrected chi connectivity index (χ3v) is 3.88. The zero-order valence-corrected chi connectivity index (χ0v) is 12.0. The van der Waals surface area contributed by atoms with Crippen LogP contribution < -0.4 is 0 Å². The van der Waals surface area contributed by atoms with Crippen LogP contribution in [0.4, 0.5) is 0 Å². The number of benzene rings is 3. The fourth-order valence-corrected chi connectivity index (χ4v) is 2.73. The van der Waals surface area contributed by atoms with E-state index in [9.17, 15) is 5.11 Å². The van der Waals surface area contributed by atoms with E-state index in [2.05, 4.69) is 49.4 Å². The Hall–Kier alpha value is -2.54. The van der Waals surface area contributed by atoms with Gasteiger partial charge in [0.2, 0.25) is 0 Å². The van der Waals surface area contributed by atoms with Crippen molar-refractivity contribution in [3.63, 3.8) is 0 Å². The second-order valence-corrected chi connectivity index (χ2v) is 5.27. The molecule has 0 saturated carbocycles. The molecule has 1 nitrogen and oxygen atoms in total. The summed E-state index contributed by atoms with van der Waals surface area (Å²) >= 11 is 0. The zero-order chi connectivity index (χ0) is 14.7. The van der Waals surface area contributed by atoms with Crippen LogP contribution in [0.5, 0.6) is 5.75 Å². The van der Waals surface area contributed by atoms with Gasteiger partial charge in [0.05, 0.1) is 0 Å². The fourth-order valence-electron chi connectivity index (χ4n) is 2.73. The van der Waals surface area contributed by atoms with Crippen LogP contribution in [0.15, 0.2) is 78.9 Å². The maximum absolute atomic E-state index is 9.72. The molecular weight excluding hydrogens is 256 g/mol. The van der Waals surface area contributed by atoms with Crippen LogP contribution in [0.2, 0.25) is 0 Å². The molecule has 3 rings (SSSR count).